The van der Waals surface area contributed by atoms with Crippen LogP contribution in [0.15, 0.2) is 64.1 Å². The van der Waals surface area contributed by atoms with Crippen LogP contribution in [0.5, 0.6) is 11.5 Å². The first kappa shape index (κ1) is 26.4. The summed E-state index contributed by atoms with van der Waals surface area (Å²) in [5, 5.41) is 6.25. The molecule has 0 aliphatic heterocycles. The Bertz CT molecular complexity index is 1020. The fraction of sp³-hybridized carbons (Fsp3) is 0.304. The number of oxazole rings is 1. The fourth-order valence-electron chi connectivity index (χ4n) is 2.97. The number of ether oxygens (including phenoxy) is 2. The molecule has 3 aromatic rings. The fourth-order valence-corrected chi connectivity index (χ4v) is 2.97. The number of halogens is 3. The highest BCUT2D eigenvalue weighted by atomic mass is 127. The maximum atomic E-state index is 12.9. The van der Waals surface area contributed by atoms with Crippen molar-refractivity contribution >= 4 is 29.9 Å². The van der Waals surface area contributed by atoms with E-state index in [1.165, 1.54) is 0 Å². The molecule has 0 atom stereocenters. The Morgan fingerprint density at radius 3 is 2.58 bits per heavy atom. The summed E-state index contributed by atoms with van der Waals surface area (Å²) in [4.78, 5) is 8.77. The Morgan fingerprint density at radius 1 is 1.09 bits per heavy atom. The summed E-state index contributed by atoms with van der Waals surface area (Å²) in [6.07, 6.45) is 1.67. The smallest absolute Gasteiger partial charge is 0.387 e. The largest absolute Gasteiger partial charge is 0.490 e. The van der Waals surface area contributed by atoms with Gasteiger partial charge in [0.25, 0.3) is 0 Å². The quantitative estimate of drug-likeness (QED) is 0.197. The first-order chi connectivity index (χ1) is 15.6. The molecule has 0 amide bonds. The lowest BCUT2D eigenvalue weighted by Gasteiger charge is -2.15. The van der Waals surface area contributed by atoms with Crippen molar-refractivity contribution in [1.29, 1.82) is 0 Å². The Morgan fingerprint density at radius 2 is 1.88 bits per heavy atom. The highest BCUT2D eigenvalue weighted by molar-refractivity contribution is 14.0. The highest BCUT2D eigenvalue weighted by Crippen LogP contribution is 2.33. The molecule has 0 spiro atoms. The number of nitrogens with one attached hydrogen (secondary N) is 2. The van der Waals surface area contributed by atoms with Gasteiger partial charge in [-0.25, -0.2) is 9.98 Å². The molecule has 1 heterocycles. The summed E-state index contributed by atoms with van der Waals surface area (Å²) in [7, 11) is 0. The molecule has 7 nitrogen and oxygen atoms in total. The number of guanidine groups is 1. The van der Waals surface area contributed by atoms with Gasteiger partial charge in [-0.3, -0.25) is 0 Å². The summed E-state index contributed by atoms with van der Waals surface area (Å²) in [5.41, 5.74) is 1.42. The van der Waals surface area contributed by atoms with Crippen molar-refractivity contribution in [3.8, 4) is 22.8 Å². The zero-order chi connectivity index (χ0) is 22.8. The van der Waals surface area contributed by atoms with E-state index in [0.29, 0.717) is 42.9 Å². The predicted molar refractivity (Wildman–Crippen MR) is 133 cm³/mol. The van der Waals surface area contributed by atoms with Gasteiger partial charge in [0.05, 0.1) is 25.9 Å². The lowest BCUT2D eigenvalue weighted by Crippen LogP contribution is -2.36. The van der Waals surface area contributed by atoms with Crippen LogP contribution in [0.4, 0.5) is 8.78 Å². The number of benzene rings is 2. The van der Waals surface area contributed by atoms with Crippen LogP contribution in [-0.4, -0.2) is 30.7 Å². The second-order valence-electron chi connectivity index (χ2n) is 6.59. The van der Waals surface area contributed by atoms with E-state index in [9.17, 15) is 8.78 Å². The van der Waals surface area contributed by atoms with Gasteiger partial charge in [0.1, 0.15) is 0 Å². The standard InChI is InChI=1S/C23H26F2N4O3.HI/c1-3-26-23(29-15-20-27-14-19(31-20)16-9-6-5-7-10-16)28-13-17-11-8-12-18(30-4-2)21(17)32-22(24)25;/h5-12,14,22H,3-4,13,15H2,1-2H3,(H2,26,28,29);1H. The number of aromatic nitrogens is 1. The number of hydrogen-bond donors (Lipinski definition) is 2. The number of hydrogen-bond acceptors (Lipinski definition) is 5. The van der Waals surface area contributed by atoms with Gasteiger partial charge in [-0.05, 0) is 19.9 Å². The molecular weight excluding hydrogens is 545 g/mol. The van der Waals surface area contributed by atoms with Gasteiger partial charge in [-0.2, -0.15) is 8.78 Å². The molecule has 0 saturated heterocycles. The minimum absolute atomic E-state index is 0. The average Bonchev–Trinajstić information content (AvgIpc) is 3.27. The van der Waals surface area contributed by atoms with Crippen molar-refractivity contribution in [3.05, 3.63) is 66.2 Å². The van der Waals surface area contributed by atoms with Crippen molar-refractivity contribution in [2.75, 3.05) is 13.2 Å². The van der Waals surface area contributed by atoms with E-state index in [-0.39, 0.29) is 42.0 Å². The van der Waals surface area contributed by atoms with E-state index in [1.807, 2.05) is 37.3 Å². The molecule has 0 saturated carbocycles. The van der Waals surface area contributed by atoms with Crippen LogP contribution < -0.4 is 20.1 Å². The maximum absolute atomic E-state index is 12.9. The average molecular weight is 572 g/mol. The van der Waals surface area contributed by atoms with Gasteiger partial charge in [0, 0.05) is 17.7 Å². The van der Waals surface area contributed by atoms with E-state index in [2.05, 4.69) is 20.6 Å². The van der Waals surface area contributed by atoms with Crippen LogP contribution in [0.1, 0.15) is 25.3 Å². The Kier molecular flexibility index (Phi) is 10.9. The van der Waals surface area contributed by atoms with Crippen LogP contribution in [0.3, 0.4) is 0 Å². The molecule has 0 radical (unpaired) electrons. The topological polar surface area (TPSA) is 80.9 Å². The minimum atomic E-state index is -2.96. The van der Waals surface area contributed by atoms with Gasteiger partial charge in [-0.15, -0.1) is 24.0 Å². The van der Waals surface area contributed by atoms with Crippen LogP contribution in [0.25, 0.3) is 11.3 Å². The summed E-state index contributed by atoms with van der Waals surface area (Å²) < 4.78 is 41.7. The number of nitrogens with zero attached hydrogens (tertiary/aromatic N) is 2. The number of rotatable bonds is 10. The van der Waals surface area contributed by atoms with E-state index < -0.39 is 6.61 Å². The molecule has 10 heteroatoms. The Labute approximate surface area is 208 Å². The zero-order valence-electron chi connectivity index (χ0n) is 18.4. The summed E-state index contributed by atoms with van der Waals surface area (Å²) in [6.45, 7) is 2.10. The van der Waals surface area contributed by atoms with Crippen molar-refractivity contribution in [2.45, 2.75) is 33.5 Å². The first-order valence-corrected chi connectivity index (χ1v) is 10.3. The van der Waals surface area contributed by atoms with Gasteiger partial charge in [0.15, 0.2) is 23.2 Å². The minimum Gasteiger partial charge on any atom is -0.490 e. The number of para-hydroxylation sites is 1. The molecule has 0 fully saturated rings. The van der Waals surface area contributed by atoms with Gasteiger partial charge in [0.2, 0.25) is 5.89 Å². The molecule has 33 heavy (non-hydrogen) atoms. The normalized spacial score (nSPS) is 11.1. The van der Waals surface area contributed by atoms with Crippen molar-refractivity contribution in [3.63, 3.8) is 0 Å². The van der Waals surface area contributed by atoms with Crippen molar-refractivity contribution < 1.29 is 22.7 Å². The third kappa shape index (κ3) is 7.88. The lowest BCUT2D eigenvalue weighted by molar-refractivity contribution is -0.0520. The third-order valence-electron chi connectivity index (χ3n) is 4.34. The Balaban J connectivity index is 0.00000385. The maximum Gasteiger partial charge on any atom is 0.387 e. The second kappa shape index (κ2) is 13.6. The molecular formula is C23H27F2IN4O3. The second-order valence-corrected chi connectivity index (χ2v) is 6.59. The van der Waals surface area contributed by atoms with E-state index in [1.54, 1.807) is 31.3 Å². The molecule has 3 rings (SSSR count). The van der Waals surface area contributed by atoms with Crippen LogP contribution in [0.2, 0.25) is 0 Å². The Hall–Kier alpha value is -2.89. The molecule has 178 valence electrons. The van der Waals surface area contributed by atoms with E-state index >= 15 is 0 Å². The van der Waals surface area contributed by atoms with Crippen LogP contribution in [-0.2, 0) is 13.1 Å². The molecule has 2 N–H and O–H groups in total. The molecule has 0 unspecified atom stereocenters. The highest BCUT2D eigenvalue weighted by Gasteiger charge is 2.16. The molecule has 2 aromatic carbocycles. The third-order valence-corrected chi connectivity index (χ3v) is 4.34. The van der Waals surface area contributed by atoms with Crippen molar-refractivity contribution in [1.82, 2.24) is 15.6 Å². The van der Waals surface area contributed by atoms with Gasteiger partial charge < -0.3 is 24.5 Å². The number of aliphatic imine (C=N–C) groups is 1. The predicted octanol–water partition coefficient (Wildman–Crippen LogP) is 5.22. The summed E-state index contributed by atoms with van der Waals surface area (Å²) in [5.74, 6) is 1.90. The van der Waals surface area contributed by atoms with Gasteiger partial charge >= 0.3 is 6.61 Å². The summed E-state index contributed by atoms with van der Waals surface area (Å²) >= 11 is 0. The number of alkyl halides is 2. The lowest BCUT2D eigenvalue weighted by atomic mass is 10.2. The molecule has 1 aromatic heterocycles. The van der Waals surface area contributed by atoms with Crippen LogP contribution in [0, 0.1) is 0 Å². The van der Waals surface area contributed by atoms with Gasteiger partial charge in [-0.1, -0.05) is 42.5 Å². The summed E-state index contributed by atoms with van der Waals surface area (Å²) in [6, 6.07) is 14.7. The molecule has 0 aliphatic rings. The van der Waals surface area contributed by atoms with Crippen molar-refractivity contribution in [2.24, 2.45) is 4.99 Å². The van der Waals surface area contributed by atoms with E-state index in [0.717, 1.165) is 5.56 Å². The monoisotopic (exact) mass is 572 g/mol. The zero-order valence-corrected chi connectivity index (χ0v) is 20.7. The SMILES string of the molecule is CCNC(=NCc1cccc(OCC)c1OC(F)F)NCc1ncc(-c2ccccc2)o1.I. The first-order valence-electron chi connectivity index (χ1n) is 10.3. The molecule has 0 aliphatic carbocycles. The molecule has 0 bridgehead atoms. The van der Waals surface area contributed by atoms with Crippen LogP contribution >= 0.6 is 24.0 Å². The van der Waals surface area contributed by atoms with E-state index in [4.69, 9.17) is 13.9 Å².